The average molecular weight is 214 g/mol. The van der Waals surface area contributed by atoms with E-state index in [-0.39, 0.29) is 37.0 Å². The molecule has 0 aromatic carbocycles. The van der Waals surface area contributed by atoms with Gasteiger partial charge in [0.05, 0.1) is 0 Å². The van der Waals surface area contributed by atoms with Gasteiger partial charge in [-0.3, -0.25) is 10.4 Å². The Bertz CT molecular complexity index is 313. The predicted molar refractivity (Wildman–Crippen MR) is 46.5 cm³/mol. The Morgan fingerprint density at radius 2 is 2.50 bits per heavy atom. The summed E-state index contributed by atoms with van der Waals surface area (Å²) in [6.45, 7) is 0. The molecular formula is C4H7N4NaOS2. The van der Waals surface area contributed by atoms with Gasteiger partial charge in [0.2, 0.25) is 5.13 Å². The number of hydrogen-bond acceptors (Lipinski definition) is 4. The maximum absolute atomic E-state index is 10.7. The number of carbonyl (C=O) groups excluding carboxylic acids is 1. The topological polar surface area (TPSA) is 69.8 Å². The molecule has 5 nitrogen and oxygen atoms in total. The zero-order valence-corrected chi connectivity index (χ0v) is 10.3. The van der Waals surface area contributed by atoms with Gasteiger partial charge in [-0.1, -0.05) is 11.3 Å². The minimum Gasteiger partial charge on any atom is -1.00 e. The summed E-state index contributed by atoms with van der Waals surface area (Å²) >= 11 is 5.96. The first-order chi connectivity index (χ1) is 5.22. The van der Waals surface area contributed by atoms with Gasteiger partial charge in [-0.15, -0.1) is 5.10 Å². The third-order valence-electron chi connectivity index (χ3n) is 0.886. The van der Waals surface area contributed by atoms with Gasteiger partial charge in [-0.25, -0.2) is 4.79 Å². The molecule has 1 aromatic heterocycles. The second-order valence-corrected chi connectivity index (χ2v) is 3.29. The molecule has 1 rings (SSSR count). The van der Waals surface area contributed by atoms with E-state index >= 15 is 0 Å². The Morgan fingerprint density at radius 3 is 2.92 bits per heavy atom. The molecule has 0 atom stereocenters. The molecule has 0 saturated carbocycles. The van der Waals surface area contributed by atoms with E-state index in [0.717, 1.165) is 0 Å². The van der Waals surface area contributed by atoms with E-state index in [1.165, 1.54) is 18.4 Å². The summed E-state index contributed by atoms with van der Waals surface area (Å²) < 4.78 is 0.538. The molecule has 0 aliphatic rings. The number of nitrogens with one attached hydrogen (secondary N) is 3. The van der Waals surface area contributed by atoms with E-state index in [0.29, 0.717) is 9.09 Å². The molecule has 0 radical (unpaired) electrons. The molecule has 0 aliphatic heterocycles. The largest absolute Gasteiger partial charge is 1.00 e. The normalized spacial score (nSPS) is 8.42. The van der Waals surface area contributed by atoms with Crippen LogP contribution >= 0.6 is 23.6 Å². The molecule has 0 fully saturated rings. The van der Waals surface area contributed by atoms with Crippen molar-refractivity contribution >= 4 is 34.7 Å². The van der Waals surface area contributed by atoms with Crippen molar-refractivity contribution in [3.63, 3.8) is 0 Å². The van der Waals surface area contributed by atoms with E-state index in [4.69, 9.17) is 12.2 Å². The summed E-state index contributed by atoms with van der Waals surface area (Å²) in [4.78, 5) is 10.7. The maximum atomic E-state index is 10.7. The fourth-order valence-electron chi connectivity index (χ4n) is 0.443. The fourth-order valence-corrected chi connectivity index (χ4v) is 1.23. The Morgan fingerprint density at radius 1 is 1.83 bits per heavy atom. The predicted octanol–water partition coefficient (Wildman–Crippen LogP) is -1.93. The van der Waals surface area contributed by atoms with Crippen LogP contribution in [0.3, 0.4) is 0 Å². The van der Waals surface area contributed by atoms with E-state index in [1.807, 2.05) is 0 Å². The van der Waals surface area contributed by atoms with Crippen LogP contribution in [-0.2, 0) is 0 Å². The van der Waals surface area contributed by atoms with E-state index in [9.17, 15) is 4.79 Å². The fraction of sp³-hybridized carbons (Fsp3) is 0.250. The van der Waals surface area contributed by atoms with Crippen molar-refractivity contribution in [1.29, 1.82) is 0 Å². The van der Waals surface area contributed by atoms with Crippen LogP contribution in [0.4, 0.5) is 9.93 Å². The van der Waals surface area contributed by atoms with E-state index in [2.05, 4.69) is 20.8 Å². The third-order valence-corrected chi connectivity index (χ3v) is 1.89. The zero-order chi connectivity index (χ0) is 8.27. The first-order valence-corrected chi connectivity index (χ1v) is 3.99. The first kappa shape index (κ1) is 12.0. The number of aromatic amines is 1. The molecule has 62 valence electrons. The minimum absolute atomic E-state index is 0. The molecule has 8 heteroatoms. The summed E-state index contributed by atoms with van der Waals surface area (Å²) in [7, 11) is 1.53. The van der Waals surface area contributed by atoms with Gasteiger partial charge in [0.15, 0.2) is 3.95 Å². The molecule has 0 saturated heterocycles. The van der Waals surface area contributed by atoms with Crippen LogP contribution in [0, 0.1) is 3.95 Å². The quantitative estimate of drug-likeness (QED) is 0.376. The van der Waals surface area contributed by atoms with E-state index < -0.39 is 0 Å². The second kappa shape index (κ2) is 5.65. The molecular weight excluding hydrogens is 207 g/mol. The van der Waals surface area contributed by atoms with Crippen molar-refractivity contribution in [2.45, 2.75) is 0 Å². The van der Waals surface area contributed by atoms with E-state index in [1.54, 1.807) is 0 Å². The van der Waals surface area contributed by atoms with Crippen molar-refractivity contribution in [3.05, 3.63) is 3.95 Å². The number of carbonyl (C=O) groups is 1. The summed E-state index contributed by atoms with van der Waals surface area (Å²) in [5.74, 6) is 0. The minimum atomic E-state index is -0.303. The van der Waals surface area contributed by atoms with Crippen molar-refractivity contribution in [2.24, 2.45) is 0 Å². The van der Waals surface area contributed by atoms with Gasteiger partial charge in [-0.2, -0.15) is 0 Å². The molecule has 1 heterocycles. The number of amides is 2. The van der Waals surface area contributed by atoms with Gasteiger partial charge in [-0.05, 0) is 12.2 Å². The number of aromatic nitrogens is 2. The number of rotatable bonds is 1. The van der Waals surface area contributed by atoms with Crippen molar-refractivity contribution in [1.82, 2.24) is 15.5 Å². The Hall–Kier alpha value is 0.0500. The number of nitrogens with zero attached hydrogens (tertiary/aromatic N) is 1. The molecule has 0 aliphatic carbocycles. The molecule has 12 heavy (non-hydrogen) atoms. The smallest absolute Gasteiger partial charge is 1.00 e. The van der Waals surface area contributed by atoms with Crippen LogP contribution in [0.2, 0.25) is 0 Å². The van der Waals surface area contributed by atoms with Crippen LogP contribution < -0.4 is 40.2 Å². The maximum Gasteiger partial charge on any atom is 1.00 e. The van der Waals surface area contributed by atoms with Crippen LogP contribution in [0.5, 0.6) is 0 Å². The molecule has 3 N–H and O–H groups in total. The van der Waals surface area contributed by atoms with Gasteiger partial charge in [0.25, 0.3) is 0 Å². The van der Waals surface area contributed by atoms with Crippen LogP contribution in [-0.4, -0.2) is 23.3 Å². The van der Waals surface area contributed by atoms with Gasteiger partial charge < -0.3 is 6.74 Å². The molecule has 0 spiro atoms. The zero-order valence-electron chi connectivity index (χ0n) is 7.67. The molecule has 1 aromatic rings. The van der Waals surface area contributed by atoms with Gasteiger partial charge in [0.1, 0.15) is 0 Å². The number of H-pyrrole nitrogens is 1. The second-order valence-electron chi connectivity index (χ2n) is 1.62. The van der Waals surface area contributed by atoms with Crippen LogP contribution in [0.1, 0.15) is 1.43 Å². The molecule has 2 amide bonds. The number of urea groups is 1. The van der Waals surface area contributed by atoms with Gasteiger partial charge in [0, 0.05) is 7.05 Å². The molecule has 0 bridgehead atoms. The summed E-state index contributed by atoms with van der Waals surface area (Å²) in [6.07, 6.45) is 0. The Balaban J connectivity index is 0. The Labute approximate surface area is 102 Å². The van der Waals surface area contributed by atoms with Crippen molar-refractivity contribution < 1.29 is 35.8 Å². The van der Waals surface area contributed by atoms with Crippen LogP contribution in [0.15, 0.2) is 0 Å². The third kappa shape index (κ3) is 3.63. The van der Waals surface area contributed by atoms with Crippen molar-refractivity contribution in [2.75, 3.05) is 12.4 Å². The summed E-state index contributed by atoms with van der Waals surface area (Å²) in [5, 5.41) is 11.6. The van der Waals surface area contributed by atoms with Crippen molar-refractivity contribution in [3.8, 4) is 0 Å². The monoisotopic (exact) mass is 214 g/mol. The van der Waals surface area contributed by atoms with Crippen LogP contribution in [0.25, 0.3) is 0 Å². The first-order valence-electron chi connectivity index (χ1n) is 2.76. The number of anilines is 1. The molecule has 0 unspecified atom stereocenters. The Kier molecular flexibility index (Phi) is 5.68. The summed E-state index contributed by atoms with van der Waals surface area (Å²) in [6, 6.07) is -0.303. The average Bonchev–Trinajstić information content (AvgIpc) is 2.35. The SMILES string of the molecule is CNC(=O)Nc1n[nH]c(=S)s1.[H-].[Na+]. The summed E-state index contributed by atoms with van der Waals surface area (Å²) in [5.41, 5.74) is 0. The standard InChI is InChI=1S/C4H6N4OS2.Na.H/c1-5-2(9)6-3-7-8-4(10)11-3;;/h1H3,(H,8,10)(H2,5,6,7,9);;/q;+1;-1. The van der Waals surface area contributed by atoms with Gasteiger partial charge >= 0.3 is 35.6 Å². The number of hydrogen-bond donors (Lipinski definition) is 3.